The van der Waals surface area contributed by atoms with Crippen LogP contribution in [0.5, 0.6) is 5.75 Å². The monoisotopic (exact) mass is 275 g/mol. The fourth-order valence-electron chi connectivity index (χ4n) is 2.08. The fraction of sp³-hybridized carbons (Fsp3) is 0.438. The molecule has 0 saturated heterocycles. The van der Waals surface area contributed by atoms with Gasteiger partial charge in [-0.3, -0.25) is 0 Å². The third-order valence-electron chi connectivity index (χ3n) is 2.97. The molecule has 1 aromatic carbocycles. The quantitative estimate of drug-likeness (QED) is 0.866. The van der Waals surface area contributed by atoms with E-state index >= 15 is 0 Å². The van der Waals surface area contributed by atoms with E-state index in [4.69, 9.17) is 4.98 Å². The summed E-state index contributed by atoms with van der Waals surface area (Å²) in [6.45, 7) is 8.89. The molecule has 3 heteroatoms. The zero-order valence-electron chi connectivity index (χ0n) is 12.0. The second-order valence-corrected chi connectivity index (χ2v) is 6.66. The summed E-state index contributed by atoms with van der Waals surface area (Å²) in [5, 5.41) is 10.4. The molecule has 0 saturated carbocycles. The van der Waals surface area contributed by atoms with Gasteiger partial charge in [0.1, 0.15) is 10.8 Å². The molecule has 1 heterocycles. The molecule has 0 aliphatic carbocycles. The molecule has 2 nitrogen and oxygen atoms in total. The summed E-state index contributed by atoms with van der Waals surface area (Å²) >= 11 is 1.78. The van der Waals surface area contributed by atoms with Crippen molar-refractivity contribution in [1.29, 1.82) is 0 Å². The van der Waals surface area contributed by atoms with Crippen molar-refractivity contribution in [1.82, 2.24) is 4.98 Å². The number of phenolic OH excluding ortho intramolecular Hbond substituents is 1. The Bertz CT molecular complexity index is 540. The normalized spacial score (nSPS) is 11.5. The van der Waals surface area contributed by atoms with E-state index in [1.165, 1.54) is 10.6 Å². The highest BCUT2D eigenvalue weighted by molar-refractivity contribution is 7.15. The van der Waals surface area contributed by atoms with Crippen LogP contribution in [0.3, 0.4) is 0 Å². The highest BCUT2D eigenvalue weighted by Crippen LogP contribution is 2.34. The molecule has 102 valence electrons. The molecule has 0 amide bonds. The summed E-state index contributed by atoms with van der Waals surface area (Å²) in [5.74, 6) is 1.43. The number of thiazole rings is 1. The van der Waals surface area contributed by atoms with E-state index in [0.717, 1.165) is 17.0 Å². The Morgan fingerprint density at radius 2 is 1.74 bits per heavy atom. The molecule has 1 N–H and O–H groups in total. The highest BCUT2D eigenvalue weighted by atomic mass is 32.1. The maximum atomic E-state index is 9.35. The van der Waals surface area contributed by atoms with Crippen LogP contribution < -0.4 is 0 Å². The highest BCUT2D eigenvalue weighted by Gasteiger charge is 2.16. The molecule has 0 unspecified atom stereocenters. The van der Waals surface area contributed by atoms with Crippen molar-refractivity contribution in [3.63, 3.8) is 0 Å². The lowest BCUT2D eigenvalue weighted by atomic mass is 10.0. The van der Waals surface area contributed by atoms with Crippen molar-refractivity contribution in [2.75, 3.05) is 0 Å². The molecular weight excluding hydrogens is 254 g/mol. The van der Waals surface area contributed by atoms with Gasteiger partial charge in [0.2, 0.25) is 0 Å². The van der Waals surface area contributed by atoms with Crippen LogP contribution in [-0.4, -0.2) is 10.1 Å². The zero-order chi connectivity index (χ0) is 14.0. The Hall–Kier alpha value is -1.35. The van der Waals surface area contributed by atoms with Gasteiger partial charge in [-0.1, -0.05) is 27.7 Å². The van der Waals surface area contributed by atoms with Gasteiger partial charge >= 0.3 is 0 Å². The van der Waals surface area contributed by atoms with Crippen molar-refractivity contribution < 1.29 is 5.11 Å². The Labute approximate surface area is 119 Å². The van der Waals surface area contributed by atoms with E-state index < -0.39 is 0 Å². The SMILES string of the molecule is CC(C)Cc1nc(-c2ccc(O)cc2)sc1C(C)C. The van der Waals surface area contributed by atoms with Gasteiger partial charge in [-0.2, -0.15) is 0 Å². The first-order chi connectivity index (χ1) is 8.97. The van der Waals surface area contributed by atoms with Gasteiger partial charge in [0.15, 0.2) is 0 Å². The average Bonchev–Trinajstić information content (AvgIpc) is 2.73. The maximum absolute atomic E-state index is 9.35. The van der Waals surface area contributed by atoms with Gasteiger partial charge in [-0.15, -0.1) is 11.3 Å². The van der Waals surface area contributed by atoms with E-state index in [9.17, 15) is 5.11 Å². The van der Waals surface area contributed by atoms with Gasteiger partial charge in [0.05, 0.1) is 5.69 Å². The Balaban J connectivity index is 2.39. The Morgan fingerprint density at radius 3 is 2.26 bits per heavy atom. The van der Waals surface area contributed by atoms with Crippen molar-refractivity contribution in [2.45, 2.75) is 40.0 Å². The number of hydrogen-bond acceptors (Lipinski definition) is 3. The minimum atomic E-state index is 0.298. The second kappa shape index (κ2) is 5.74. The molecule has 2 aromatic rings. The predicted octanol–water partition coefficient (Wildman–Crippen LogP) is 4.84. The third-order valence-corrected chi connectivity index (χ3v) is 4.42. The van der Waals surface area contributed by atoms with Crippen molar-refractivity contribution >= 4 is 11.3 Å². The number of aromatic hydroxyl groups is 1. The first-order valence-corrected chi connectivity index (χ1v) is 7.58. The summed E-state index contributed by atoms with van der Waals surface area (Å²) in [5.41, 5.74) is 2.32. The van der Waals surface area contributed by atoms with Crippen LogP contribution in [-0.2, 0) is 6.42 Å². The Kier molecular flexibility index (Phi) is 4.25. The van der Waals surface area contributed by atoms with E-state index in [0.29, 0.717) is 17.6 Å². The molecule has 0 bridgehead atoms. The second-order valence-electron chi connectivity index (χ2n) is 5.63. The molecule has 0 aliphatic rings. The molecule has 0 radical (unpaired) electrons. The van der Waals surface area contributed by atoms with Crippen LogP contribution in [0.1, 0.15) is 44.2 Å². The standard InChI is InChI=1S/C16H21NOS/c1-10(2)9-14-15(11(3)4)19-16(17-14)12-5-7-13(18)8-6-12/h5-8,10-11,18H,9H2,1-4H3. The summed E-state index contributed by atoms with van der Waals surface area (Å²) < 4.78 is 0. The summed E-state index contributed by atoms with van der Waals surface area (Å²) in [6.07, 6.45) is 1.03. The number of phenols is 1. The van der Waals surface area contributed by atoms with E-state index in [2.05, 4.69) is 27.7 Å². The van der Waals surface area contributed by atoms with Crippen molar-refractivity contribution in [3.8, 4) is 16.3 Å². The molecular formula is C16H21NOS. The van der Waals surface area contributed by atoms with Crippen LogP contribution in [0.4, 0.5) is 0 Å². The number of benzene rings is 1. The van der Waals surface area contributed by atoms with Crippen LogP contribution in [0.15, 0.2) is 24.3 Å². The van der Waals surface area contributed by atoms with Gasteiger partial charge in [0, 0.05) is 10.4 Å². The molecule has 0 aliphatic heterocycles. The summed E-state index contributed by atoms with van der Waals surface area (Å²) in [6, 6.07) is 7.29. The largest absolute Gasteiger partial charge is 0.508 e. The van der Waals surface area contributed by atoms with Crippen LogP contribution in [0.25, 0.3) is 10.6 Å². The predicted molar refractivity (Wildman–Crippen MR) is 81.8 cm³/mol. The van der Waals surface area contributed by atoms with E-state index in [-0.39, 0.29) is 0 Å². The lowest BCUT2D eigenvalue weighted by Crippen LogP contribution is -1.99. The van der Waals surface area contributed by atoms with Crippen molar-refractivity contribution in [3.05, 3.63) is 34.8 Å². The lowest BCUT2D eigenvalue weighted by Gasteiger charge is -2.06. The van der Waals surface area contributed by atoms with Crippen molar-refractivity contribution in [2.24, 2.45) is 5.92 Å². The van der Waals surface area contributed by atoms with Crippen LogP contribution in [0.2, 0.25) is 0 Å². The molecule has 0 spiro atoms. The summed E-state index contributed by atoms with van der Waals surface area (Å²) in [4.78, 5) is 6.19. The maximum Gasteiger partial charge on any atom is 0.123 e. The minimum Gasteiger partial charge on any atom is -0.508 e. The fourth-order valence-corrected chi connectivity index (χ4v) is 3.18. The minimum absolute atomic E-state index is 0.298. The molecule has 0 fully saturated rings. The zero-order valence-corrected chi connectivity index (χ0v) is 12.8. The molecule has 2 rings (SSSR count). The van der Waals surface area contributed by atoms with Crippen LogP contribution >= 0.6 is 11.3 Å². The van der Waals surface area contributed by atoms with Crippen LogP contribution in [0, 0.1) is 5.92 Å². The van der Waals surface area contributed by atoms with Gasteiger partial charge < -0.3 is 5.11 Å². The van der Waals surface area contributed by atoms with Gasteiger partial charge in [-0.25, -0.2) is 4.98 Å². The molecule has 19 heavy (non-hydrogen) atoms. The average molecular weight is 275 g/mol. The smallest absolute Gasteiger partial charge is 0.123 e. The van der Waals surface area contributed by atoms with E-state index in [1.54, 1.807) is 23.5 Å². The number of hydrogen-bond donors (Lipinski definition) is 1. The Morgan fingerprint density at radius 1 is 1.11 bits per heavy atom. The van der Waals surface area contributed by atoms with Gasteiger partial charge in [0.25, 0.3) is 0 Å². The number of aromatic nitrogens is 1. The number of rotatable bonds is 4. The lowest BCUT2D eigenvalue weighted by molar-refractivity contribution is 0.475. The first kappa shape index (κ1) is 14.1. The molecule has 0 atom stereocenters. The third kappa shape index (κ3) is 3.35. The molecule has 1 aromatic heterocycles. The summed E-state index contributed by atoms with van der Waals surface area (Å²) in [7, 11) is 0. The number of nitrogens with zero attached hydrogens (tertiary/aromatic N) is 1. The first-order valence-electron chi connectivity index (χ1n) is 6.76. The van der Waals surface area contributed by atoms with E-state index in [1.807, 2.05) is 12.1 Å². The topological polar surface area (TPSA) is 33.1 Å². The van der Waals surface area contributed by atoms with Gasteiger partial charge in [-0.05, 0) is 42.5 Å².